The Morgan fingerprint density at radius 3 is 2.45 bits per heavy atom. The van der Waals surface area contributed by atoms with Crippen LogP contribution in [0.25, 0.3) is 0 Å². The minimum absolute atomic E-state index is 0.0271. The maximum absolute atomic E-state index is 12.4. The number of hydrogen-bond acceptors (Lipinski definition) is 3. The maximum Gasteiger partial charge on any atom is 0.241 e. The van der Waals surface area contributed by atoms with Crippen molar-refractivity contribution in [3.05, 3.63) is 29.8 Å². The summed E-state index contributed by atoms with van der Waals surface area (Å²) in [5, 5.41) is 3.44. The van der Waals surface area contributed by atoms with E-state index in [-0.39, 0.29) is 18.1 Å². The molecule has 1 fully saturated rings. The molecule has 0 spiro atoms. The summed E-state index contributed by atoms with van der Waals surface area (Å²) in [7, 11) is 1.66. The fourth-order valence-electron chi connectivity index (χ4n) is 2.62. The summed E-state index contributed by atoms with van der Waals surface area (Å²) in [5.74, 6) is 1.50. The second-order valence-electron chi connectivity index (χ2n) is 5.69. The van der Waals surface area contributed by atoms with Crippen LogP contribution in [0.3, 0.4) is 0 Å². The van der Waals surface area contributed by atoms with E-state index in [2.05, 4.69) is 19.2 Å². The van der Waals surface area contributed by atoms with Gasteiger partial charge in [-0.3, -0.25) is 10.1 Å². The van der Waals surface area contributed by atoms with Gasteiger partial charge >= 0.3 is 0 Å². The van der Waals surface area contributed by atoms with Crippen LogP contribution in [0.2, 0.25) is 0 Å². The van der Waals surface area contributed by atoms with Crippen LogP contribution in [0.5, 0.6) is 5.75 Å². The fourth-order valence-corrected chi connectivity index (χ4v) is 2.62. The number of amides is 1. The molecule has 1 heterocycles. The number of nitrogens with zero attached hydrogens (tertiary/aromatic N) is 1. The van der Waals surface area contributed by atoms with E-state index in [9.17, 15) is 4.79 Å². The van der Waals surface area contributed by atoms with Crippen LogP contribution >= 0.6 is 0 Å². The smallest absolute Gasteiger partial charge is 0.241 e. The Labute approximate surface area is 121 Å². The number of carbonyl (C=O) groups excluding carboxylic acids is 1. The molecule has 1 aliphatic rings. The first-order chi connectivity index (χ1) is 9.56. The number of ether oxygens (including phenoxy) is 1. The first kappa shape index (κ1) is 14.9. The lowest BCUT2D eigenvalue weighted by Gasteiger charge is -2.26. The van der Waals surface area contributed by atoms with Crippen molar-refractivity contribution in [1.29, 1.82) is 0 Å². The van der Waals surface area contributed by atoms with E-state index in [1.165, 1.54) is 0 Å². The van der Waals surface area contributed by atoms with Gasteiger partial charge < -0.3 is 9.64 Å². The normalized spacial score (nSPS) is 22.6. The van der Waals surface area contributed by atoms with Gasteiger partial charge in [0.1, 0.15) is 11.9 Å². The highest BCUT2D eigenvalue weighted by Gasteiger charge is 2.38. The molecule has 4 heteroatoms. The zero-order valence-corrected chi connectivity index (χ0v) is 12.7. The van der Waals surface area contributed by atoms with E-state index >= 15 is 0 Å². The van der Waals surface area contributed by atoms with Gasteiger partial charge in [-0.25, -0.2) is 0 Å². The zero-order chi connectivity index (χ0) is 14.7. The van der Waals surface area contributed by atoms with Gasteiger partial charge in [-0.1, -0.05) is 32.9 Å². The van der Waals surface area contributed by atoms with Crippen LogP contribution in [-0.4, -0.2) is 30.5 Å². The second kappa shape index (κ2) is 6.27. The van der Waals surface area contributed by atoms with Crippen LogP contribution in [-0.2, 0) is 4.79 Å². The number of carbonyl (C=O) groups is 1. The Bertz CT molecular complexity index is 456. The second-order valence-corrected chi connectivity index (χ2v) is 5.69. The summed E-state index contributed by atoms with van der Waals surface area (Å²) in [4.78, 5) is 14.4. The molecule has 0 saturated carbocycles. The Hall–Kier alpha value is -1.55. The highest BCUT2D eigenvalue weighted by atomic mass is 16.5. The number of methoxy groups -OCH3 is 1. The van der Waals surface area contributed by atoms with Crippen molar-refractivity contribution in [2.75, 3.05) is 13.7 Å². The summed E-state index contributed by atoms with van der Waals surface area (Å²) in [6, 6.07) is 7.85. The molecule has 2 atom stereocenters. The third kappa shape index (κ3) is 2.96. The van der Waals surface area contributed by atoms with E-state index in [0.717, 1.165) is 24.3 Å². The SMILES string of the molecule is CCC1NC(c2ccc(OC)cc2)N(CC(C)C)C1=O. The molecule has 1 N–H and O–H groups in total. The summed E-state index contributed by atoms with van der Waals surface area (Å²) < 4.78 is 5.19. The Morgan fingerprint density at radius 1 is 1.30 bits per heavy atom. The van der Waals surface area contributed by atoms with Crippen LogP contribution in [0.4, 0.5) is 0 Å². The molecular weight excluding hydrogens is 252 g/mol. The standard InChI is InChI=1S/C16H24N2O2/c1-5-14-16(19)18(10-11(2)3)15(17-14)12-6-8-13(20-4)9-7-12/h6-9,11,14-15,17H,5,10H2,1-4H3. The van der Waals surface area contributed by atoms with Crippen molar-refractivity contribution in [3.63, 3.8) is 0 Å². The lowest BCUT2D eigenvalue weighted by Crippen LogP contribution is -2.34. The van der Waals surface area contributed by atoms with E-state index in [1.807, 2.05) is 36.1 Å². The van der Waals surface area contributed by atoms with Gasteiger partial charge in [-0.2, -0.15) is 0 Å². The van der Waals surface area contributed by atoms with Crippen LogP contribution in [0.15, 0.2) is 24.3 Å². The van der Waals surface area contributed by atoms with Gasteiger partial charge in [0.25, 0.3) is 0 Å². The van der Waals surface area contributed by atoms with Crippen LogP contribution < -0.4 is 10.1 Å². The number of rotatable bonds is 5. The molecule has 1 saturated heterocycles. The van der Waals surface area contributed by atoms with E-state index in [0.29, 0.717) is 5.92 Å². The predicted molar refractivity (Wildman–Crippen MR) is 79.5 cm³/mol. The molecule has 1 aromatic rings. The number of hydrogen-bond donors (Lipinski definition) is 1. The molecule has 1 amide bonds. The quantitative estimate of drug-likeness (QED) is 0.898. The first-order valence-corrected chi connectivity index (χ1v) is 7.27. The lowest BCUT2D eigenvalue weighted by atomic mass is 10.1. The Balaban J connectivity index is 2.24. The monoisotopic (exact) mass is 276 g/mol. The van der Waals surface area contributed by atoms with Gasteiger partial charge in [0, 0.05) is 6.54 Å². The molecule has 110 valence electrons. The third-order valence-electron chi connectivity index (χ3n) is 3.65. The predicted octanol–water partition coefficient (Wildman–Crippen LogP) is 2.56. The molecule has 20 heavy (non-hydrogen) atoms. The molecule has 1 aliphatic heterocycles. The van der Waals surface area contributed by atoms with Gasteiger partial charge in [0.15, 0.2) is 0 Å². The molecule has 0 radical (unpaired) electrons. The van der Waals surface area contributed by atoms with Gasteiger partial charge in [0.2, 0.25) is 5.91 Å². The minimum Gasteiger partial charge on any atom is -0.497 e. The molecule has 0 aliphatic carbocycles. The van der Waals surface area contributed by atoms with Crippen LogP contribution in [0, 0.1) is 5.92 Å². The third-order valence-corrected chi connectivity index (χ3v) is 3.65. The van der Waals surface area contributed by atoms with Gasteiger partial charge in [-0.15, -0.1) is 0 Å². The van der Waals surface area contributed by atoms with Crippen LogP contribution in [0.1, 0.15) is 38.9 Å². The van der Waals surface area contributed by atoms with Crippen molar-refractivity contribution in [2.24, 2.45) is 5.92 Å². The van der Waals surface area contributed by atoms with Crippen molar-refractivity contribution in [3.8, 4) is 5.75 Å². The topological polar surface area (TPSA) is 41.6 Å². The first-order valence-electron chi connectivity index (χ1n) is 7.27. The molecule has 2 rings (SSSR count). The lowest BCUT2D eigenvalue weighted by molar-refractivity contribution is -0.130. The van der Waals surface area contributed by atoms with E-state index in [4.69, 9.17) is 4.74 Å². The Kier molecular flexibility index (Phi) is 4.65. The van der Waals surface area contributed by atoms with Crippen molar-refractivity contribution < 1.29 is 9.53 Å². The summed E-state index contributed by atoms with van der Waals surface area (Å²) in [5.41, 5.74) is 1.11. The number of benzene rings is 1. The Morgan fingerprint density at radius 2 is 1.95 bits per heavy atom. The molecular formula is C16H24N2O2. The zero-order valence-electron chi connectivity index (χ0n) is 12.7. The average Bonchev–Trinajstić information content (AvgIpc) is 2.75. The largest absolute Gasteiger partial charge is 0.497 e. The highest BCUT2D eigenvalue weighted by Crippen LogP contribution is 2.28. The van der Waals surface area contributed by atoms with Gasteiger partial charge in [0.05, 0.1) is 13.2 Å². The summed E-state index contributed by atoms with van der Waals surface area (Å²) in [6.07, 6.45) is 0.792. The molecule has 0 aromatic heterocycles. The highest BCUT2D eigenvalue weighted by molar-refractivity contribution is 5.84. The fraction of sp³-hybridized carbons (Fsp3) is 0.562. The minimum atomic E-state index is -0.0687. The summed E-state index contributed by atoms with van der Waals surface area (Å²) in [6.45, 7) is 7.09. The summed E-state index contributed by atoms with van der Waals surface area (Å²) >= 11 is 0. The van der Waals surface area contributed by atoms with Crippen molar-refractivity contribution in [1.82, 2.24) is 10.2 Å². The number of nitrogens with one attached hydrogen (secondary N) is 1. The van der Waals surface area contributed by atoms with E-state index < -0.39 is 0 Å². The van der Waals surface area contributed by atoms with Gasteiger partial charge in [-0.05, 0) is 30.0 Å². The molecule has 1 aromatic carbocycles. The molecule has 4 nitrogen and oxygen atoms in total. The molecule has 2 unspecified atom stereocenters. The average molecular weight is 276 g/mol. The van der Waals surface area contributed by atoms with Crippen molar-refractivity contribution >= 4 is 5.91 Å². The molecule has 0 bridgehead atoms. The maximum atomic E-state index is 12.4. The van der Waals surface area contributed by atoms with E-state index in [1.54, 1.807) is 7.11 Å². The van der Waals surface area contributed by atoms with Crippen molar-refractivity contribution in [2.45, 2.75) is 39.4 Å².